The van der Waals surface area contributed by atoms with E-state index in [-0.39, 0.29) is 5.91 Å². The van der Waals surface area contributed by atoms with E-state index in [2.05, 4.69) is 21.0 Å². The second-order valence-corrected chi connectivity index (χ2v) is 7.15. The minimum atomic E-state index is -0.105. The molecule has 7 heteroatoms. The van der Waals surface area contributed by atoms with E-state index in [4.69, 9.17) is 4.74 Å². The number of ether oxygens (including phenoxy) is 1. The lowest BCUT2D eigenvalue weighted by Crippen LogP contribution is -2.26. The van der Waals surface area contributed by atoms with Gasteiger partial charge in [0.1, 0.15) is 5.75 Å². The molecular formula is C17H16BrN3O2S. The van der Waals surface area contributed by atoms with Crippen LogP contribution in [0.1, 0.15) is 15.4 Å². The Bertz CT molecular complexity index is 842. The zero-order valence-electron chi connectivity index (χ0n) is 13.3. The van der Waals surface area contributed by atoms with Crippen LogP contribution in [0, 0.1) is 0 Å². The zero-order chi connectivity index (χ0) is 17.1. The highest BCUT2D eigenvalue weighted by atomic mass is 79.9. The Hall–Kier alpha value is -2.12. The molecule has 3 aromatic rings. The van der Waals surface area contributed by atoms with E-state index in [0.29, 0.717) is 12.2 Å². The average molecular weight is 406 g/mol. The number of thiophene rings is 1. The second-order valence-electron chi connectivity index (χ2n) is 5.24. The van der Waals surface area contributed by atoms with Crippen LogP contribution < -0.4 is 4.74 Å². The van der Waals surface area contributed by atoms with Crippen LogP contribution in [0.2, 0.25) is 0 Å². The molecule has 124 valence electrons. The number of carbonyl (C=O) groups excluding carboxylic acids is 1. The van der Waals surface area contributed by atoms with Crippen molar-refractivity contribution in [1.29, 1.82) is 0 Å². The number of hydrogen-bond donors (Lipinski definition) is 0. The highest BCUT2D eigenvalue weighted by Gasteiger charge is 2.16. The predicted molar refractivity (Wildman–Crippen MR) is 97.9 cm³/mol. The molecule has 0 radical (unpaired) electrons. The van der Waals surface area contributed by atoms with Crippen molar-refractivity contribution in [2.75, 3.05) is 14.2 Å². The van der Waals surface area contributed by atoms with Crippen molar-refractivity contribution in [3.05, 3.63) is 63.0 Å². The van der Waals surface area contributed by atoms with E-state index in [1.54, 1.807) is 47.3 Å². The minimum absolute atomic E-state index is 0.105. The Balaban J connectivity index is 1.72. The number of nitrogens with zero attached hydrogens (tertiary/aromatic N) is 3. The highest BCUT2D eigenvalue weighted by molar-refractivity contribution is 9.10. The Morgan fingerprint density at radius 3 is 2.71 bits per heavy atom. The summed E-state index contributed by atoms with van der Waals surface area (Å²) in [5.74, 6) is 0.677. The zero-order valence-corrected chi connectivity index (χ0v) is 15.7. The molecule has 2 heterocycles. The van der Waals surface area contributed by atoms with E-state index >= 15 is 0 Å². The molecule has 5 nitrogen and oxygen atoms in total. The molecule has 0 aliphatic heterocycles. The van der Waals surface area contributed by atoms with Crippen molar-refractivity contribution in [2.45, 2.75) is 6.54 Å². The number of amides is 1. The number of hydrogen-bond acceptors (Lipinski definition) is 4. The van der Waals surface area contributed by atoms with Gasteiger partial charge >= 0.3 is 0 Å². The Morgan fingerprint density at radius 2 is 2.08 bits per heavy atom. The van der Waals surface area contributed by atoms with Gasteiger partial charge in [-0.15, -0.1) is 11.3 Å². The van der Waals surface area contributed by atoms with Gasteiger partial charge in [-0.1, -0.05) is 0 Å². The van der Waals surface area contributed by atoms with Gasteiger partial charge < -0.3 is 9.64 Å². The molecule has 0 saturated carbocycles. The van der Waals surface area contributed by atoms with Gasteiger partial charge in [-0.05, 0) is 52.3 Å². The maximum Gasteiger partial charge on any atom is 0.274 e. The van der Waals surface area contributed by atoms with E-state index in [1.165, 1.54) is 0 Å². The van der Waals surface area contributed by atoms with E-state index in [0.717, 1.165) is 20.8 Å². The Morgan fingerprint density at radius 1 is 1.33 bits per heavy atom. The first-order valence-electron chi connectivity index (χ1n) is 7.25. The number of carbonyl (C=O) groups is 1. The summed E-state index contributed by atoms with van der Waals surface area (Å²) in [5, 5.41) is 6.39. The van der Waals surface area contributed by atoms with Gasteiger partial charge in [0, 0.05) is 28.0 Å². The van der Waals surface area contributed by atoms with Gasteiger partial charge in [0.15, 0.2) is 5.69 Å². The number of rotatable bonds is 5. The first-order chi connectivity index (χ1) is 11.6. The third-order valence-electron chi connectivity index (χ3n) is 3.51. The first-order valence-corrected chi connectivity index (χ1v) is 8.92. The van der Waals surface area contributed by atoms with Crippen LogP contribution in [0.15, 0.2) is 52.4 Å². The summed E-state index contributed by atoms with van der Waals surface area (Å²) in [6.07, 6.45) is 1.78. The number of aromatic nitrogens is 2. The number of halogens is 1. The van der Waals surface area contributed by atoms with Gasteiger partial charge in [0.25, 0.3) is 5.91 Å². The van der Waals surface area contributed by atoms with Crippen molar-refractivity contribution in [1.82, 2.24) is 14.7 Å². The molecule has 0 saturated heterocycles. The molecule has 0 atom stereocenters. The van der Waals surface area contributed by atoms with Crippen LogP contribution in [-0.4, -0.2) is 34.7 Å². The third kappa shape index (κ3) is 3.68. The monoisotopic (exact) mass is 405 g/mol. The van der Waals surface area contributed by atoms with Gasteiger partial charge in [-0.2, -0.15) is 5.10 Å². The summed E-state index contributed by atoms with van der Waals surface area (Å²) < 4.78 is 7.86. The normalized spacial score (nSPS) is 10.6. The quantitative estimate of drug-likeness (QED) is 0.644. The van der Waals surface area contributed by atoms with Crippen molar-refractivity contribution < 1.29 is 9.53 Å². The molecule has 0 N–H and O–H groups in total. The van der Waals surface area contributed by atoms with Gasteiger partial charge in [0.2, 0.25) is 0 Å². The van der Waals surface area contributed by atoms with Gasteiger partial charge in [-0.3, -0.25) is 4.79 Å². The fourth-order valence-electron chi connectivity index (χ4n) is 2.25. The molecule has 2 aromatic heterocycles. The third-order valence-corrected chi connectivity index (χ3v) is 5.19. The summed E-state index contributed by atoms with van der Waals surface area (Å²) in [7, 11) is 3.41. The Labute approximate surface area is 152 Å². The van der Waals surface area contributed by atoms with Crippen LogP contribution in [0.4, 0.5) is 0 Å². The largest absolute Gasteiger partial charge is 0.497 e. The number of benzene rings is 1. The van der Waals surface area contributed by atoms with Crippen molar-refractivity contribution >= 4 is 33.2 Å². The van der Waals surface area contributed by atoms with E-state index in [1.807, 2.05) is 35.7 Å². The van der Waals surface area contributed by atoms with E-state index in [9.17, 15) is 4.79 Å². The van der Waals surface area contributed by atoms with Crippen LogP contribution in [-0.2, 0) is 6.54 Å². The maximum absolute atomic E-state index is 12.5. The summed E-state index contributed by atoms with van der Waals surface area (Å²) in [6, 6.07) is 11.3. The standard InChI is InChI=1S/C17H16BrN3O2S/c1-20(10-15-9-12(18)11-24-15)17(22)16-7-8-21(19-16)13-3-5-14(23-2)6-4-13/h3-9,11H,10H2,1-2H3. The number of methoxy groups -OCH3 is 1. The minimum Gasteiger partial charge on any atom is -0.497 e. The van der Waals surface area contributed by atoms with Gasteiger partial charge in [-0.25, -0.2) is 4.68 Å². The van der Waals surface area contributed by atoms with Gasteiger partial charge in [0.05, 0.1) is 19.3 Å². The molecule has 0 aliphatic rings. The molecule has 3 rings (SSSR count). The molecular weight excluding hydrogens is 390 g/mol. The predicted octanol–water partition coefficient (Wildman–Crippen LogP) is 3.98. The van der Waals surface area contributed by atoms with Crippen LogP contribution in [0.25, 0.3) is 5.69 Å². The fourth-order valence-corrected chi connectivity index (χ4v) is 3.76. The molecule has 0 spiro atoms. The molecule has 1 amide bonds. The highest BCUT2D eigenvalue weighted by Crippen LogP contribution is 2.21. The second kappa shape index (κ2) is 7.19. The molecule has 1 aromatic carbocycles. The van der Waals surface area contributed by atoms with Crippen molar-refractivity contribution in [3.63, 3.8) is 0 Å². The van der Waals surface area contributed by atoms with Crippen LogP contribution >= 0.6 is 27.3 Å². The molecule has 0 bridgehead atoms. The fraction of sp³-hybridized carbons (Fsp3) is 0.176. The lowest BCUT2D eigenvalue weighted by Gasteiger charge is -2.14. The topological polar surface area (TPSA) is 47.4 Å². The molecule has 0 unspecified atom stereocenters. The smallest absolute Gasteiger partial charge is 0.274 e. The average Bonchev–Trinajstić information content (AvgIpc) is 3.23. The molecule has 24 heavy (non-hydrogen) atoms. The molecule has 0 fully saturated rings. The summed E-state index contributed by atoms with van der Waals surface area (Å²) in [6.45, 7) is 0.560. The first kappa shape index (κ1) is 16.7. The van der Waals surface area contributed by atoms with Crippen molar-refractivity contribution in [3.8, 4) is 11.4 Å². The van der Waals surface area contributed by atoms with Crippen molar-refractivity contribution in [2.24, 2.45) is 0 Å². The summed E-state index contributed by atoms with van der Waals surface area (Å²) >= 11 is 5.04. The van der Waals surface area contributed by atoms with E-state index < -0.39 is 0 Å². The lowest BCUT2D eigenvalue weighted by atomic mass is 10.3. The van der Waals surface area contributed by atoms with Crippen LogP contribution in [0.5, 0.6) is 5.75 Å². The Kier molecular flexibility index (Phi) is 5.01. The lowest BCUT2D eigenvalue weighted by molar-refractivity contribution is 0.0780. The SMILES string of the molecule is COc1ccc(-n2ccc(C(=O)N(C)Cc3cc(Br)cs3)n2)cc1. The molecule has 0 aliphatic carbocycles. The summed E-state index contributed by atoms with van der Waals surface area (Å²) in [4.78, 5) is 15.3. The maximum atomic E-state index is 12.5. The summed E-state index contributed by atoms with van der Waals surface area (Å²) in [5.41, 5.74) is 1.30. The van der Waals surface area contributed by atoms with Crippen LogP contribution in [0.3, 0.4) is 0 Å².